The smallest absolute Gasteiger partial charge is 0.265 e. The van der Waals surface area contributed by atoms with Gasteiger partial charge in [-0.15, -0.1) is 0 Å². The first kappa shape index (κ1) is 15.7. The zero-order valence-corrected chi connectivity index (χ0v) is 14.4. The summed E-state index contributed by atoms with van der Waals surface area (Å²) in [5.74, 6) is 0. The molecule has 0 N–H and O–H groups in total. The third-order valence-corrected chi connectivity index (χ3v) is 5.41. The zero-order valence-electron chi connectivity index (χ0n) is 14.4. The highest BCUT2D eigenvalue weighted by Crippen LogP contribution is 2.36. The number of hydrogen-bond donors (Lipinski definition) is 0. The van der Waals surface area contributed by atoms with Gasteiger partial charge in [-0.3, -0.25) is 0 Å². The van der Waals surface area contributed by atoms with E-state index in [4.69, 9.17) is 11.8 Å². The molecule has 25 heavy (non-hydrogen) atoms. The van der Waals surface area contributed by atoms with E-state index in [1.807, 2.05) is 12.1 Å². The van der Waals surface area contributed by atoms with Crippen molar-refractivity contribution in [2.75, 3.05) is 18.0 Å². The minimum Gasteiger partial charge on any atom is -0.371 e. The van der Waals surface area contributed by atoms with E-state index in [9.17, 15) is 0 Å². The van der Waals surface area contributed by atoms with E-state index in [2.05, 4.69) is 34.0 Å². The van der Waals surface area contributed by atoms with Gasteiger partial charge in [-0.25, -0.2) is 10.1 Å². The maximum Gasteiger partial charge on any atom is 0.265 e. The van der Waals surface area contributed by atoms with Crippen LogP contribution in [0.5, 0.6) is 0 Å². The third kappa shape index (κ3) is 2.99. The molecule has 3 nitrogen and oxygen atoms in total. The fourth-order valence-electron chi connectivity index (χ4n) is 4.26. The minimum absolute atomic E-state index is 0.238. The van der Waals surface area contributed by atoms with Gasteiger partial charge in [-0.05, 0) is 78.5 Å². The molecular weight excluding hydrogens is 306 g/mol. The average Bonchev–Trinajstić information content (AvgIpc) is 3.10. The molecule has 4 rings (SSSR count). The van der Waals surface area contributed by atoms with Gasteiger partial charge < -0.3 is 4.90 Å². The Morgan fingerprint density at radius 1 is 1.08 bits per heavy atom. The van der Waals surface area contributed by atoms with Crippen LogP contribution in [-0.4, -0.2) is 13.1 Å². The molecule has 0 radical (unpaired) electrons. The zero-order chi connectivity index (χ0) is 17.2. The van der Waals surface area contributed by atoms with Gasteiger partial charge in [0.1, 0.15) is 0 Å². The molecule has 124 valence electrons. The predicted molar refractivity (Wildman–Crippen MR) is 101 cm³/mol. The molecule has 1 aliphatic carbocycles. The number of aryl methyl sites for hydroxylation is 2. The Kier molecular flexibility index (Phi) is 4.16. The van der Waals surface area contributed by atoms with Crippen LogP contribution in [0, 0.1) is 17.9 Å². The van der Waals surface area contributed by atoms with Gasteiger partial charge in [0.25, 0.3) is 5.70 Å². The number of nitriles is 1. The summed E-state index contributed by atoms with van der Waals surface area (Å²) in [7, 11) is 0. The van der Waals surface area contributed by atoms with Crippen molar-refractivity contribution in [1.29, 1.82) is 5.26 Å². The van der Waals surface area contributed by atoms with E-state index >= 15 is 0 Å². The highest BCUT2D eigenvalue weighted by molar-refractivity contribution is 5.68. The Hall–Kier alpha value is -2.78. The van der Waals surface area contributed by atoms with E-state index in [1.165, 1.54) is 66.7 Å². The molecule has 0 aromatic heterocycles. The fraction of sp³-hybridized carbons (Fsp3) is 0.364. The summed E-state index contributed by atoms with van der Waals surface area (Å²) in [6.07, 6.45) is 13.0. The van der Waals surface area contributed by atoms with Crippen molar-refractivity contribution in [3.05, 3.63) is 69.2 Å². The number of anilines is 1. The maximum absolute atomic E-state index is 9.00. The summed E-state index contributed by atoms with van der Waals surface area (Å²) in [5, 5.41) is 9.00. The standard InChI is InChI=1S/C22H21N3/c1-24-21(15-23)18-9-8-16(12-18)6-7-17-13-19-4-2-10-25-11-3-5-20(14-17)22(19)25/h6-7,12-14H,2-5,8-11H2. The van der Waals surface area contributed by atoms with E-state index in [0.29, 0.717) is 0 Å². The summed E-state index contributed by atoms with van der Waals surface area (Å²) in [4.78, 5) is 5.89. The molecule has 0 amide bonds. The van der Waals surface area contributed by atoms with Crippen molar-refractivity contribution < 1.29 is 0 Å². The second kappa shape index (κ2) is 6.61. The summed E-state index contributed by atoms with van der Waals surface area (Å²) in [6.45, 7) is 9.49. The van der Waals surface area contributed by atoms with Gasteiger partial charge in [-0.2, -0.15) is 0 Å². The molecule has 0 spiro atoms. The topological polar surface area (TPSA) is 31.4 Å². The van der Waals surface area contributed by atoms with Crippen LogP contribution in [0.2, 0.25) is 0 Å². The first-order valence-electron chi connectivity index (χ1n) is 9.08. The molecule has 1 aromatic carbocycles. The summed E-state index contributed by atoms with van der Waals surface area (Å²) in [6, 6.07) is 6.69. The Morgan fingerprint density at radius 2 is 1.80 bits per heavy atom. The van der Waals surface area contributed by atoms with Crippen LogP contribution in [0.1, 0.15) is 42.4 Å². The Balaban J connectivity index is 1.61. The molecule has 0 bridgehead atoms. The predicted octanol–water partition coefficient (Wildman–Crippen LogP) is 4.82. The molecule has 3 heteroatoms. The van der Waals surface area contributed by atoms with Crippen LogP contribution in [-0.2, 0) is 12.8 Å². The number of hydrogen-bond acceptors (Lipinski definition) is 2. The van der Waals surface area contributed by atoms with Crippen LogP contribution >= 0.6 is 0 Å². The van der Waals surface area contributed by atoms with E-state index < -0.39 is 0 Å². The van der Waals surface area contributed by atoms with Gasteiger partial charge >= 0.3 is 0 Å². The van der Waals surface area contributed by atoms with Crippen LogP contribution in [0.25, 0.3) is 10.9 Å². The number of rotatable bonds is 2. The highest BCUT2D eigenvalue weighted by Gasteiger charge is 2.23. The number of allylic oxidation sites excluding steroid dienone is 5. The van der Waals surface area contributed by atoms with Crippen LogP contribution in [0.15, 0.2) is 41.1 Å². The van der Waals surface area contributed by atoms with Crippen molar-refractivity contribution in [3.8, 4) is 6.07 Å². The van der Waals surface area contributed by atoms with E-state index in [-0.39, 0.29) is 5.70 Å². The molecule has 3 aliphatic rings. The molecular formula is C22H21N3. The summed E-state index contributed by atoms with van der Waals surface area (Å²) >= 11 is 0. The van der Waals surface area contributed by atoms with Crippen molar-refractivity contribution >= 4 is 11.8 Å². The Labute approximate surface area is 149 Å². The minimum atomic E-state index is 0.238. The van der Waals surface area contributed by atoms with Gasteiger partial charge in [-0.1, -0.05) is 18.2 Å². The molecule has 2 heterocycles. The average molecular weight is 327 g/mol. The van der Waals surface area contributed by atoms with Gasteiger partial charge in [0.15, 0.2) is 0 Å². The van der Waals surface area contributed by atoms with Crippen molar-refractivity contribution in [2.24, 2.45) is 0 Å². The van der Waals surface area contributed by atoms with Crippen LogP contribution < -0.4 is 4.90 Å². The molecule has 1 aromatic rings. The van der Waals surface area contributed by atoms with E-state index in [0.717, 1.165) is 18.4 Å². The Bertz CT molecular complexity index is 840. The lowest BCUT2D eigenvalue weighted by molar-refractivity contribution is 0.634. The lowest BCUT2D eigenvalue weighted by Gasteiger charge is -2.37. The SMILES string of the molecule is [C-]#[N+]C(C#N)=C1C=C(C=Cc2cc3c4c(c2)CCCN4CCC3)CC1. The normalized spacial score (nSPS) is 20.7. The van der Waals surface area contributed by atoms with Crippen molar-refractivity contribution in [1.82, 2.24) is 0 Å². The second-order valence-electron chi connectivity index (χ2n) is 7.03. The summed E-state index contributed by atoms with van der Waals surface area (Å²) < 4.78 is 0. The molecule has 0 saturated carbocycles. The molecule has 0 fully saturated rings. The third-order valence-electron chi connectivity index (χ3n) is 5.41. The van der Waals surface area contributed by atoms with Gasteiger partial charge in [0.2, 0.25) is 0 Å². The lowest BCUT2D eigenvalue weighted by atomic mass is 9.90. The van der Waals surface area contributed by atoms with Crippen LogP contribution in [0.3, 0.4) is 0 Å². The number of nitrogens with zero attached hydrogens (tertiary/aromatic N) is 3. The first-order chi connectivity index (χ1) is 12.3. The van der Waals surface area contributed by atoms with E-state index in [1.54, 1.807) is 0 Å². The molecule has 0 saturated heterocycles. The molecule has 2 aliphatic heterocycles. The molecule has 0 unspecified atom stereocenters. The lowest BCUT2D eigenvalue weighted by Crippen LogP contribution is -2.34. The van der Waals surface area contributed by atoms with Crippen molar-refractivity contribution in [2.45, 2.75) is 38.5 Å². The van der Waals surface area contributed by atoms with Gasteiger partial charge in [0.05, 0.1) is 12.6 Å². The fourth-order valence-corrected chi connectivity index (χ4v) is 4.26. The maximum atomic E-state index is 9.00. The quantitative estimate of drug-likeness (QED) is 0.576. The molecule has 0 atom stereocenters. The Morgan fingerprint density at radius 3 is 2.44 bits per heavy atom. The second-order valence-corrected chi connectivity index (χ2v) is 7.03. The van der Waals surface area contributed by atoms with Crippen molar-refractivity contribution in [3.63, 3.8) is 0 Å². The summed E-state index contributed by atoms with van der Waals surface area (Å²) in [5.41, 5.74) is 8.12. The first-order valence-corrected chi connectivity index (χ1v) is 9.08. The monoisotopic (exact) mass is 327 g/mol. The highest BCUT2D eigenvalue weighted by atomic mass is 15.1. The van der Waals surface area contributed by atoms with Gasteiger partial charge in [0, 0.05) is 18.8 Å². The number of benzene rings is 1. The van der Waals surface area contributed by atoms with Crippen LogP contribution in [0.4, 0.5) is 5.69 Å². The largest absolute Gasteiger partial charge is 0.371 e.